The molecule has 1 rings (SSSR count). The van der Waals surface area contributed by atoms with Crippen LogP contribution in [0.4, 0.5) is 0 Å². The number of thioether (sulfide) groups is 1. The molecule has 1 nitrogen and oxygen atoms in total. The van der Waals surface area contributed by atoms with E-state index in [1.807, 2.05) is 18.7 Å². The largest absolute Gasteiger partial charge is 0.493 e. The second kappa shape index (κ2) is 5.30. The van der Waals surface area contributed by atoms with Crippen molar-refractivity contribution in [3.63, 3.8) is 0 Å². The third-order valence-electron chi connectivity index (χ3n) is 2.03. The van der Waals surface area contributed by atoms with E-state index in [1.165, 1.54) is 16.0 Å². The van der Waals surface area contributed by atoms with Gasteiger partial charge in [-0.2, -0.15) is 0 Å². The van der Waals surface area contributed by atoms with Gasteiger partial charge in [0.05, 0.1) is 6.61 Å². The SMILES string of the molecule is CCOc1c(C)cc(SCC)cc1C. The van der Waals surface area contributed by atoms with Crippen molar-refractivity contribution in [1.29, 1.82) is 0 Å². The lowest BCUT2D eigenvalue weighted by atomic mass is 10.1. The molecule has 0 saturated carbocycles. The highest BCUT2D eigenvalue weighted by atomic mass is 32.2. The zero-order valence-corrected chi connectivity index (χ0v) is 10.2. The molecule has 0 unspecified atom stereocenters. The molecule has 0 bridgehead atoms. The van der Waals surface area contributed by atoms with Crippen molar-refractivity contribution < 1.29 is 4.74 Å². The van der Waals surface area contributed by atoms with Crippen molar-refractivity contribution in [2.24, 2.45) is 0 Å². The maximum absolute atomic E-state index is 5.59. The first-order chi connectivity index (χ1) is 6.69. The van der Waals surface area contributed by atoms with Crippen LogP contribution in [0, 0.1) is 13.8 Å². The molecule has 1 aromatic carbocycles. The van der Waals surface area contributed by atoms with Crippen LogP contribution >= 0.6 is 11.8 Å². The average molecular weight is 210 g/mol. The minimum Gasteiger partial charge on any atom is -0.493 e. The summed E-state index contributed by atoms with van der Waals surface area (Å²) in [7, 11) is 0. The normalized spacial score (nSPS) is 10.3. The Morgan fingerprint density at radius 1 is 1.14 bits per heavy atom. The molecule has 0 radical (unpaired) electrons. The molecule has 0 heterocycles. The van der Waals surface area contributed by atoms with Crippen molar-refractivity contribution in [2.45, 2.75) is 32.6 Å². The lowest BCUT2D eigenvalue weighted by Crippen LogP contribution is -1.96. The molecule has 1 aromatic rings. The van der Waals surface area contributed by atoms with E-state index < -0.39 is 0 Å². The number of hydrogen-bond acceptors (Lipinski definition) is 2. The summed E-state index contributed by atoms with van der Waals surface area (Å²) < 4.78 is 5.59. The standard InChI is InChI=1S/C12H18OS/c1-5-13-12-9(3)7-11(14-6-2)8-10(12)4/h7-8H,5-6H2,1-4H3. The number of ether oxygens (including phenoxy) is 1. The van der Waals surface area contributed by atoms with E-state index in [0.717, 1.165) is 18.1 Å². The van der Waals surface area contributed by atoms with Crippen LogP contribution in [0.5, 0.6) is 5.75 Å². The fourth-order valence-electron chi connectivity index (χ4n) is 1.53. The van der Waals surface area contributed by atoms with Gasteiger partial charge in [-0.1, -0.05) is 6.92 Å². The minimum atomic E-state index is 0.738. The molecule has 0 saturated heterocycles. The number of benzene rings is 1. The van der Waals surface area contributed by atoms with Crippen LogP contribution in [0.2, 0.25) is 0 Å². The van der Waals surface area contributed by atoms with Gasteiger partial charge in [0.15, 0.2) is 0 Å². The molecule has 0 aliphatic carbocycles. The van der Waals surface area contributed by atoms with Crippen molar-refractivity contribution >= 4 is 11.8 Å². The van der Waals surface area contributed by atoms with E-state index in [-0.39, 0.29) is 0 Å². The average Bonchev–Trinajstić information content (AvgIpc) is 2.12. The van der Waals surface area contributed by atoms with Crippen LogP contribution in [-0.2, 0) is 0 Å². The number of aryl methyl sites for hydroxylation is 2. The Bertz CT molecular complexity index is 284. The highest BCUT2D eigenvalue weighted by molar-refractivity contribution is 7.99. The predicted molar refractivity (Wildman–Crippen MR) is 63.5 cm³/mol. The van der Waals surface area contributed by atoms with Gasteiger partial charge in [0, 0.05) is 4.90 Å². The Labute approximate surface area is 90.9 Å². The quantitative estimate of drug-likeness (QED) is 0.699. The zero-order valence-electron chi connectivity index (χ0n) is 9.39. The molecule has 2 heteroatoms. The molecule has 78 valence electrons. The first kappa shape index (κ1) is 11.4. The van der Waals surface area contributed by atoms with E-state index in [1.54, 1.807) is 0 Å². The summed E-state index contributed by atoms with van der Waals surface area (Å²) in [4.78, 5) is 1.34. The number of hydrogen-bond donors (Lipinski definition) is 0. The summed E-state index contributed by atoms with van der Waals surface area (Å²) in [5.41, 5.74) is 2.48. The molecule has 0 fully saturated rings. The summed E-state index contributed by atoms with van der Waals surface area (Å²) in [6, 6.07) is 4.40. The van der Waals surface area contributed by atoms with Crippen molar-refractivity contribution in [3.05, 3.63) is 23.3 Å². The zero-order chi connectivity index (χ0) is 10.6. The predicted octanol–water partition coefficient (Wildman–Crippen LogP) is 3.81. The van der Waals surface area contributed by atoms with E-state index in [9.17, 15) is 0 Å². The Morgan fingerprint density at radius 3 is 2.14 bits per heavy atom. The summed E-state index contributed by atoms with van der Waals surface area (Å²) in [6.45, 7) is 9.15. The van der Waals surface area contributed by atoms with Crippen LogP contribution in [-0.4, -0.2) is 12.4 Å². The molecule has 0 aromatic heterocycles. The molecule has 14 heavy (non-hydrogen) atoms. The fraction of sp³-hybridized carbons (Fsp3) is 0.500. The molecule has 0 amide bonds. The van der Waals surface area contributed by atoms with Gasteiger partial charge in [0.25, 0.3) is 0 Å². The second-order valence-electron chi connectivity index (χ2n) is 3.25. The van der Waals surface area contributed by atoms with Crippen LogP contribution in [0.25, 0.3) is 0 Å². The summed E-state index contributed by atoms with van der Waals surface area (Å²) >= 11 is 1.87. The van der Waals surface area contributed by atoms with Crippen LogP contribution in [0.15, 0.2) is 17.0 Å². The first-order valence-corrected chi connectivity index (χ1v) is 6.04. The van der Waals surface area contributed by atoms with Gasteiger partial charge in [0.2, 0.25) is 0 Å². The molecular weight excluding hydrogens is 192 g/mol. The smallest absolute Gasteiger partial charge is 0.125 e. The highest BCUT2D eigenvalue weighted by Gasteiger charge is 2.05. The van der Waals surface area contributed by atoms with E-state index >= 15 is 0 Å². The molecule has 0 aliphatic rings. The van der Waals surface area contributed by atoms with Crippen molar-refractivity contribution in [1.82, 2.24) is 0 Å². The van der Waals surface area contributed by atoms with Crippen LogP contribution < -0.4 is 4.74 Å². The lowest BCUT2D eigenvalue weighted by molar-refractivity contribution is 0.335. The van der Waals surface area contributed by atoms with Gasteiger partial charge < -0.3 is 4.74 Å². The summed E-state index contributed by atoms with van der Waals surface area (Å²) in [6.07, 6.45) is 0. The fourth-order valence-corrected chi connectivity index (χ4v) is 2.39. The van der Waals surface area contributed by atoms with Gasteiger partial charge >= 0.3 is 0 Å². The highest BCUT2D eigenvalue weighted by Crippen LogP contribution is 2.29. The van der Waals surface area contributed by atoms with Gasteiger partial charge in [-0.05, 0) is 49.8 Å². The van der Waals surface area contributed by atoms with Crippen molar-refractivity contribution in [3.8, 4) is 5.75 Å². The number of rotatable bonds is 4. The van der Waals surface area contributed by atoms with E-state index in [2.05, 4.69) is 32.9 Å². The molecule has 0 spiro atoms. The molecule has 0 atom stereocenters. The molecule has 0 aliphatic heterocycles. The summed E-state index contributed by atoms with van der Waals surface area (Å²) in [5.74, 6) is 2.17. The van der Waals surface area contributed by atoms with Gasteiger partial charge in [-0.15, -0.1) is 11.8 Å². The minimum absolute atomic E-state index is 0.738. The first-order valence-electron chi connectivity index (χ1n) is 5.05. The van der Waals surface area contributed by atoms with Gasteiger partial charge in [-0.25, -0.2) is 0 Å². The molecular formula is C12H18OS. The van der Waals surface area contributed by atoms with Crippen LogP contribution in [0.3, 0.4) is 0 Å². The van der Waals surface area contributed by atoms with E-state index in [4.69, 9.17) is 4.74 Å². The third kappa shape index (κ3) is 2.68. The second-order valence-corrected chi connectivity index (χ2v) is 4.59. The van der Waals surface area contributed by atoms with Crippen molar-refractivity contribution in [2.75, 3.05) is 12.4 Å². The Kier molecular flexibility index (Phi) is 4.33. The topological polar surface area (TPSA) is 9.23 Å². The molecule has 0 N–H and O–H groups in total. The van der Waals surface area contributed by atoms with E-state index in [0.29, 0.717) is 0 Å². The third-order valence-corrected chi connectivity index (χ3v) is 2.89. The lowest BCUT2D eigenvalue weighted by Gasteiger charge is -2.12. The van der Waals surface area contributed by atoms with Crippen LogP contribution in [0.1, 0.15) is 25.0 Å². The maximum atomic E-state index is 5.59. The monoisotopic (exact) mass is 210 g/mol. The van der Waals surface area contributed by atoms with Gasteiger partial charge in [0.1, 0.15) is 5.75 Å². The Morgan fingerprint density at radius 2 is 1.71 bits per heavy atom. The Balaban J connectivity index is 2.98. The Hall–Kier alpha value is -0.630. The van der Waals surface area contributed by atoms with Gasteiger partial charge in [-0.3, -0.25) is 0 Å². The summed E-state index contributed by atoms with van der Waals surface area (Å²) in [5, 5.41) is 0. The maximum Gasteiger partial charge on any atom is 0.125 e.